The molecule has 1 amide bonds. The van der Waals surface area contributed by atoms with Gasteiger partial charge in [0, 0.05) is 49.6 Å². The number of carbonyl (C=O) groups is 1. The van der Waals surface area contributed by atoms with Crippen molar-refractivity contribution in [3.63, 3.8) is 0 Å². The SMILES string of the molecule is COc1ccnc(N2CCN(C(=O)c3cc(C(C)(C)C)[nH]c(=O)n3)CC2)n1. The van der Waals surface area contributed by atoms with E-state index < -0.39 is 5.69 Å². The van der Waals surface area contributed by atoms with Crippen molar-refractivity contribution in [3.05, 3.63) is 40.2 Å². The van der Waals surface area contributed by atoms with Gasteiger partial charge in [-0.25, -0.2) is 9.78 Å². The molecule has 1 N–H and O–H groups in total. The minimum absolute atomic E-state index is 0.176. The van der Waals surface area contributed by atoms with E-state index in [0.717, 1.165) is 0 Å². The Morgan fingerprint density at radius 3 is 2.52 bits per heavy atom. The highest BCUT2D eigenvalue weighted by atomic mass is 16.5. The van der Waals surface area contributed by atoms with Gasteiger partial charge in [-0.05, 0) is 6.07 Å². The molecule has 1 saturated heterocycles. The van der Waals surface area contributed by atoms with E-state index in [1.807, 2.05) is 25.7 Å². The fourth-order valence-corrected chi connectivity index (χ4v) is 2.84. The van der Waals surface area contributed by atoms with Crippen molar-refractivity contribution in [2.75, 3.05) is 38.2 Å². The van der Waals surface area contributed by atoms with Crippen molar-refractivity contribution in [2.24, 2.45) is 0 Å². The number of hydrogen-bond donors (Lipinski definition) is 1. The highest BCUT2D eigenvalue weighted by molar-refractivity contribution is 5.92. The Balaban J connectivity index is 1.72. The molecule has 0 aromatic carbocycles. The summed E-state index contributed by atoms with van der Waals surface area (Å²) in [5.74, 6) is 0.837. The van der Waals surface area contributed by atoms with Crippen LogP contribution in [-0.2, 0) is 5.41 Å². The van der Waals surface area contributed by atoms with Crippen LogP contribution in [0, 0.1) is 0 Å². The molecule has 3 heterocycles. The molecule has 2 aromatic rings. The maximum Gasteiger partial charge on any atom is 0.345 e. The number of amides is 1. The molecule has 9 nitrogen and oxygen atoms in total. The summed E-state index contributed by atoms with van der Waals surface area (Å²) < 4.78 is 5.13. The van der Waals surface area contributed by atoms with E-state index in [1.165, 1.54) is 0 Å². The zero-order valence-corrected chi connectivity index (χ0v) is 16.0. The van der Waals surface area contributed by atoms with Crippen LogP contribution in [0.3, 0.4) is 0 Å². The Hall–Kier alpha value is -2.97. The number of aromatic amines is 1. The minimum atomic E-state index is -0.505. The van der Waals surface area contributed by atoms with E-state index >= 15 is 0 Å². The van der Waals surface area contributed by atoms with E-state index in [-0.39, 0.29) is 17.0 Å². The number of methoxy groups -OCH3 is 1. The Kier molecular flexibility index (Phi) is 5.11. The first-order valence-corrected chi connectivity index (χ1v) is 8.81. The van der Waals surface area contributed by atoms with Gasteiger partial charge in [0.25, 0.3) is 5.91 Å². The topological polar surface area (TPSA) is 104 Å². The Bertz CT molecular complexity index is 881. The van der Waals surface area contributed by atoms with Gasteiger partial charge >= 0.3 is 5.69 Å². The number of nitrogens with one attached hydrogen (secondary N) is 1. The third kappa shape index (κ3) is 4.24. The summed E-state index contributed by atoms with van der Waals surface area (Å²) in [6.07, 6.45) is 1.65. The molecule has 0 bridgehead atoms. The quantitative estimate of drug-likeness (QED) is 0.851. The lowest BCUT2D eigenvalue weighted by atomic mass is 9.91. The van der Waals surface area contributed by atoms with Crippen LogP contribution in [0.15, 0.2) is 23.1 Å². The predicted octanol–water partition coefficient (Wildman–Crippen LogP) is 0.828. The molecule has 0 radical (unpaired) electrons. The van der Waals surface area contributed by atoms with Crippen molar-refractivity contribution in [2.45, 2.75) is 26.2 Å². The van der Waals surface area contributed by atoms with Gasteiger partial charge in [0.05, 0.1) is 7.11 Å². The fraction of sp³-hybridized carbons (Fsp3) is 0.500. The second-order valence-corrected chi connectivity index (χ2v) is 7.41. The second-order valence-electron chi connectivity index (χ2n) is 7.41. The average molecular weight is 372 g/mol. The van der Waals surface area contributed by atoms with Gasteiger partial charge in [-0.2, -0.15) is 9.97 Å². The third-order valence-corrected chi connectivity index (χ3v) is 4.45. The number of anilines is 1. The molecule has 9 heteroatoms. The van der Waals surface area contributed by atoms with Crippen LogP contribution >= 0.6 is 0 Å². The molecule has 0 unspecified atom stereocenters. The highest BCUT2D eigenvalue weighted by Crippen LogP contribution is 2.20. The van der Waals surface area contributed by atoms with E-state index in [0.29, 0.717) is 43.7 Å². The normalized spacial score (nSPS) is 15.0. The van der Waals surface area contributed by atoms with Gasteiger partial charge in [-0.1, -0.05) is 20.8 Å². The largest absolute Gasteiger partial charge is 0.481 e. The average Bonchev–Trinajstić information content (AvgIpc) is 2.66. The zero-order valence-electron chi connectivity index (χ0n) is 16.0. The first-order chi connectivity index (χ1) is 12.8. The lowest BCUT2D eigenvalue weighted by Crippen LogP contribution is -2.49. The highest BCUT2D eigenvalue weighted by Gasteiger charge is 2.26. The number of nitrogens with zero attached hydrogens (tertiary/aromatic N) is 5. The summed E-state index contributed by atoms with van der Waals surface area (Å²) >= 11 is 0. The Labute approximate surface area is 157 Å². The van der Waals surface area contributed by atoms with Crippen molar-refractivity contribution in [3.8, 4) is 5.88 Å². The van der Waals surface area contributed by atoms with Crippen LogP contribution in [0.5, 0.6) is 5.88 Å². The molecule has 1 aliphatic rings. The maximum atomic E-state index is 12.8. The van der Waals surface area contributed by atoms with Crippen molar-refractivity contribution >= 4 is 11.9 Å². The van der Waals surface area contributed by atoms with Gasteiger partial charge in [0.2, 0.25) is 11.8 Å². The summed E-state index contributed by atoms with van der Waals surface area (Å²) in [6, 6.07) is 3.36. The molecular formula is C18H24N6O3. The summed E-state index contributed by atoms with van der Waals surface area (Å²) in [5.41, 5.74) is 0.0812. The number of hydrogen-bond acceptors (Lipinski definition) is 7. The van der Waals surface area contributed by atoms with E-state index in [4.69, 9.17) is 4.74 Å². The van der Waals surface area contributed by atoms with Crippen LogP contribution in [0.25, 0.3) is 0 Å². The summed E-state index contributed by atoms with van der Waals surface area (Å²) in [4.78, 5) is 43.5. The zero-order chi connectivity index (χ0) is 19.6. The van der Waals surface area contributed by atoms with Gasteiger partial charge < -0.3 is 19.5 Å². The van der Waals surface area contributed by atoms with E-state index in [2.05, 4.69) is 19.9 Å². The first-order valence-electron chi connectivity index (χ1n) is 8.81. The fourth-order valence-electron chi connectivity index (χ4n) is 2.84. The third-order valence-electron chi connectivity index (χ3n) is 4.45. The van der Waals surface area contributed by atoms with Crippen LogP contribution in [0.2, 0.25) is 0 Å². The smallest absolute Gasteiger partial charge is 0.345 e. The number of rotatable bonds is 3. The molecular weight excluding hydrogens is 348 g/mol. The lowest BCUT2D eigenvalue weighted by molar-refractivity contribution is 0.0739. The Morgan fingerprint density at radius 1 is 1.19 bits per heavy atom. The molecule has 2 aromatic heterocycles. The van der Waals surface area contributed by atoms with Crippen LogP contribution in [0.4, 0.5) is 5.95 Å². The van der Waals surface area contributed by atoms with Crippen LogP contribution in [-0.4, -0.2) is 64.0 Å². The molecule has 0 aliphatic carbocycles. The lowest BCUT2D eigenvalue weighted by Gasteiger charge is -2.34. The van der Waals surface area contributed by atoms with E-state index in [9.17, 15) is 9.59 Å². The van der Waals surface area contributed by atoms with Gasteiger partial charge in [0.1, 0.15) is 5.69 Å². The molecule has 144 valence electrons. The number of H-pyrrole nitrogens is 1. The summed E-state index contributed by atoms with van der Waals surface area (Å²) in [7, 11) is 1.56. The molecule has 0 saturated carbocycles. The number of piperazine rings is 1. The number of carbonyl (C=O) groups excluding carboxylic acids is 1. The van der Waals surface area contributed by atoms with Crippen molar-refractivity contribution < 1.29 is 9.53 Å². The molecule has 0 spiro atoms. The predicted molar refractivity (Wildman–Crippen MR) is 100 cm³/mol. The standard InChI is InChI=1S/C18H24N6O3/c1-18(2,3)13-11-12(20-17(26)21-13)15(25)23-7-9-24(10-8-23)16-19-6-5-14(22-16)27-4/h5-6,11H,7-10H2,1-4H3,(H,20,21,26). The monoisotopic (exact) mass is 372 g/mol. The minimum Gasteiger partial charge on any atom is -0.481 e. The molecule has 1 aliphatic heterocycles. The maximum absolute atomic E-state index is 12.8. The summed E-state index contributed by atoms with van der Waals surface area (Å²) in [6.45, 7) is 8.10. The molecule has 3 rings (SSSR count). The van der Waals surface area contributed by atoms with Gasteiger partial charge in [-0.15, -0.1) is 0 Å². The molecule has 27 heavy (non-hydrogen) atoms. The van der Waals surface area contributed by atoms with Gasteiger partial charge in [-0.3, -0.25) is 4.79 Å². The molecule has 0 atom stereocenters. The molecule has 1 fully saturated rings. The van der Waals surface area contributed by atoms with Crippen LogP contribution < -0.4 is 15.3 Å². The first kappa shape index (κ1) is 18.8. The Morgan fingerprint density at radius 2 is 1.89 bits per heavy atom. The number of aromatic nitrogens is 4. The van der Waals surface area contributed by atoms with Crippen molar-refractivity contribution in [1.82, 2.24) is 24.8 Å². The number of ether oxygens (including phenoxy) is 1. The van der Waals surface area contributed by atoms with E-state index in [1.54, 1.807) is 30.3 Å². The van der Waals surface area contributed by atoms with Crippen LogP contribution in [0.1, 0.15) is 37.0 Å². The second kappa shape index (κ2) is 7.34. The van der Waals surface area contributed by atoms with Gasteiger partial charge in [0.15, 0.2) is 0 Å². The summed E-state index contributed by atoms with van der Waals surface area (Å²) in [5, 5.41) is 0. The van der Waals surface area contributed by atoms with Crippen molar-refractivity contribution in [1.29, 1.82) is 0 Å².